The molecule has 1 aromatic rings. The molecule has 1 rings (SSSR count). The standard InChI is InChI=1S/C12H18N2O2/c1-8-9(5-4-6-10(8)15)11(16)14-7-12(2,3)13/h4-6,15H,7,13H2,1-3H3,(H,14,16). The number of carbonyl (C=O) groups excluding carboxylic acids is 1. The molecule has 0 spiro atoms. The van der Waals surface area contributed by atoms with Gasteiger partial charge in [0.05, 0.1) is 0 Å². The maximum atomic E-state index is 11.8. The van der Waals surface area contributed by atoms with Gasteiger partial charge in [0.25, 0.3) is 5.91 Å². The van der Waals surface area contributed by atoms with Crippen LogP contribution in [0.4, 0.5) is 0 Å². The number of amides is 1. The molecule has 1 aromatic carbocycles. The Labute approximate surface area is 95.5 Å². The van der Waals surface area contributed by atoms with E-state index in [1.807, 2.05) is 13.8 Å². The van der Waals surface area contributed by atoms with E-state index in [4.69, 9.17) is 5.73 Å². The summed E-state index contributed by atoms with van der Waals surface area (Å²) in [5.74, 6) is -0.0911. The summed E-state index contributed by atoms with van der Waals surface area (Å²) in [5, 5.41) is 12.2. The van der Waals surface area contributed by atoms with Crippen LogP contribution in [0.3, 0.4) is 0 Å². The van der Waals surface area contributed by atoms with E-state index < -0.39 is 5.54 Å². The molecule has 16 heavy (non-hydrogen) atoms. The molecule has 0 aliphatic heterocycles. The van der Waals surface area contributed by atoms with Crippen molar-refractivity contribution in [1.29, 1.82) is 0 Å². The lowest BCUT2D eigenvalue weighted by atomic mass is 10.1. The number of carbonyl (C=O) groups is 1. The normalized spacial score (nSPS) is 11.2. The zero-order valence-electron chi connectivity index (χ0n) is 9.87. The topological polar surface area (TPSA) is 75.3 Å². The minimum Gasteiger partial charge on any atom is -0.508 e. The van der Waals surface area contributed by atoms with Crippen molar-refractivity contribution in [3.63, 3.8) is 0 Å². The fourth-order valence-corrected chi connectivity index (χ4v) is 1.27. The summed E-state index contributed by atoms with van der Waals surface area (Å²) in [4.78, 5) is 11.8. The molecule has 0 radical (unpaired) electrons. The van der Waals surface area contributed by atoms with Crippen LogP contribution in [-0.2, 0) is 0 Å². The molecule has 0 aliphatic carbocycles. The first-order chi connectivity index (χ1) is 7.31. The van der Waals surface area contributed by atoms with Crippen LogP contribution in [0, 0.1) is 6.92 Å². The second-order valence-electron chi connectivity index (χ2n) is 4.62. The Morgan fingerprint density at radius 1 is 1.50 bits per heavy atom. The Morgan fingerprint density at radius 2 is 2.12 bits per heavy atom. The number of phenolic OH excluding ortho intramolecular Hbond substituents is 1. The Kier molecular flexibility index (Phi) is 3.55. The Hall–Kier alpha value is -1.55. The first-order valence-corrected chi connectivity index (χ1v) is 5.17. The summed E-state index contributed by atoms with van der Waals surface area (Å²) >= 11 is 0. The molecule has 4 heteroatoms. The minimum atomic E-state index is -0.444. The Bertz CT molecular complexity index is 394. The van der Waals surface area contributed by atoms with Gasteiger partial charge in [-0.2, -0.15) is 0 Å². The second-order valence-corrected chi connectivity index (χ2v) is 4.62. The lowest BCUT2D eigenvalue weighted by Gasteiger charge is -2.19. The Morgan fingerprint density at radius 3 is 2.69 bits per heavy atom. The molecular weight excluding hydrogens is 204 g/mol. The van der Waals surface area contributed by atoms with Gasteiger partial charge in [-0.1, -0.05) is 6.07 Å². The van der Waals surface area contributed by atoms with Gasteiger partial charge in [-0.05, 0) is 32.9 Å². The Balaban J connectivity index is 2.78. The van der Waals surface area contributed by atoms with Crippen molar-refractivity contribution in [1.82, 2.24) is 5.32 Å². The summed E-state index contributed by atoms with van der Waals surface area (Å²) in [6.07, 6.45) is 0. The lowest BCUT2D eigenvalue weighted by molar-refractivity contribution is 0.0945. The van der Waals surface area contributed by atoms with Crippen molar-refractivity contribution in [2.45, 2.75) is 26.3 Å². The third-order valence-corrected chi connectivity index (χ3v) is 2.25. The van der Waals surface area contributed by atoms with E-state index in [-0.39, 0.29) is 11.7 Å². The summed E-state index contributed by atoms with van der Waals surface area (Å²) in [6.45, 7) is 5.77. The van der Waals surface area contributed by atoms with Gasteiger partial charge in [0.15, 0.2) is 0 Å². The monoisotopic (exact) mass is 222 g/mol. The molecule has 0 fully saturated rings. The maximum absolute atomic E-state index is 11.8. The van der Waals surface area contributed by atoms with E-state index in [9.17, 15) is 9.90 Å². The van der Waals surface area contributed by atoms with E-state index >= 15 is 0 Å². The molecule has 0 aliphatic rings. The summed E-state index contributed by atoms with van der Waals surface area (Å²) in [5.41, 5.74) is 6.38. The highest BCUT2D eigenvalue weighted by Gasteiger charge is 2.15. The van der Waals surface area contributed by atoms with Crippen LogP contribution >= 0.6 is 0 Å². The average molecular weight is 222 g/mol. The number of hydrogen-bond acceptors (Lipinski definition) is 3. The number of nitrogens with two attached hydrogens (primary N) is 1. The molecule has 0 saturated carbocycles. The highest BCUT2D eigenvalue weighted by Crippen LogP contribution is 2.19. The number of aromatic hydroxyl groups is 1. The molecule has 0 heterocycles. The van der Waals surface area contributed by atoms with Crippen molar-refractivity contribution < 1.29 is 9.90 Å². The summed E-state index contributed by atoms with van der Waals surface area (Å²) in [6, 6.07) is 4.87. The minimum absolute atomic E-state index is 0.125. The first kappa shape index (κ1) is 12.5. The molecule has 0 saturated heterocycles. The fourth-order valence-electron chi connectivity index (χ4n) is 1.27. The molecule has 4 nitrogen and oxygen atoms in total. The predicted octanol–water partition coefficient (Wildman–Crippen LogP) is 1.17. The van der Waals surface area contributed by atoms with Crippen molar-refractivity contribution in [3.05, 3.63) is 29.3 Å². The number of nitrogens with one attached hydrogen (secondary N) is 1. The highest BCUT2D eigenvalue weighted by atomic mass is 16.3. The fraction of sp³-hybridized carbons (Fsp3) is 0.417. The predicted molar refractivity (Wildman–Crippen MR) is 63.4 cm³/mol. The molecule has 0 atom stereocenters. The highest BCUT2D eigenvalue weighted by molar-refractivity contribution is 5.96. The van der Waals surface area contributed by atoms with Crippen molar-refractivity contribution in [2.24, 2.45) is 5.73 Å². The second kappa shape index (κ2) is 4.53. The van der Waals surface area contributed by atoms with Crippen LogP contribution in [0.5, 0.6) is 5.75 Å². The van der Waals surface area contributed by atoms with Crippen LogP contribution in [0.1, 0.15) is 29.8 Å². The number of benzene rings is 1. The maximum Gasteiger partial charge on any atom is 0.251 e. The summed E-state index contributed by atoms with van der Waals surface area (Å²) < 4.78 is 0. The lowest BCUT2D eigenvalue weighted by Crippen LogP contribution is -2.45. The molecule has 4 N–H and O–H groups in total. The average Bonchev–Trinajstić information content (AvgIpc) is 2.17. The molecule has 0 bridgehead atoms. The van der Waals surface area contributed by atoms with E-state index in [1.54, 1.807) is 25.1 Å². The van der Waals surface area contributed by atoms with Crippen molar-refractivity contribution in [2.75, 3.05) is 6.54 Å². The molecule has 0 aromatic heterocycles. The van der Waals surface area contributed by atoms with Gasteiger partial charge >= 0.3 is 0 Å². The van der Waals surface area contributed by atoms with Crippen molar-refractivity contribution in [3.8, 4) is 5.75 Å². The molecule has 88 valence electrons. The van der Waals surface area contributed by atoms with Crippen molar-refractivity contribution >= 4 is 5.91 Å². The quantitative estimate of drug-likeness (QED) is 0.718. The van der Waals surface area contributed by atoms with Crippen LogP contribution in [0.2, 0.25) is 0 Å². The van der Waals surface area contributed by atoms with Gasteiger partial charge in [0.2, 0.25) is 0 Å². The number of rotatable bonds is 3. The van der Waals surface area contributed by atoms with Crippen LogP contribution in [0.25, 0.3) is 0 Å². The van der Waals surface area contributed by atoms with E-state index in [0.29, 0.717) is 17.7 Å². The zero-order chi connectivity index (χ0) is 12.3. The van der Waals surface area contributed by atoms with Gasteiger partial charge in [0, 0.05) is 23.2 Å². The third kappa shape index (κ3) is 3.24. The third-order valence-electron chi connectivity index (χ3n) is 2.25. The van der Waals surface area contributed by atoms with E-state index in [0.717, 1.165) is 0 Å². The summed E-state index contributed by atoms with van der Waals surface area (Å²) in [7, 11) is 0. The SMILES string of the molecule is Cc1c(O)cccc1C(=O)NCC(C)(C)N. The number of hydrogen-bond donors (Lipinski definition) is 3. The van der Waals surface area contributed by atoms with Gasteiger partial charge in [0.1, 0.15) is 5.75 Å². The van der Waals surface area contributed by atoms with Crippen LogP contribution < -0.4 is 11.1 Å². The van der Waals surface area contributed by atoms with E-state index in [2.05, 4.69) is 5.32 Å². The molecule has 1 amide bonds. The number of phenols is 1. The smallest absolute Gasteiger partial charge is 0.251 e. The van der Waals surface area contributed by atoms with E-state index in [1.165, 1.54) is 0 Å². The molecular formula is C12H18N2O2. The van der Waals surface area contributed by atoms with Crippen LogP contribution in [0.15, 0.2) is 18.2 Å². The zero-order valence-corrected chi connectivity index (χ0v) is 9.87. The first-order valence-electron chi connectivity index (χ1n) is 5.17. The van der Waals surface area contributed by atoms with Crippen LogP contribution in [-0.4, -0.2) is 23.1 Å². The largest absolute Gasteiger partial charge is 0.508 e. The van der Waals surface area contributed by atoms with Gasteiger partial charge in [-0.3, -0.25) is 4.79 Å². The van der Waals surface area contributed by atoms with Gasteiger partial charge in [-0.15, -0.1) is 0 Å². The van der Waals surface area contributed by atoms with Gasteiger partial charge < -0.3 is 16.2 Å². The van der Waals surface area contributed by atoms with Gasteiger partial charge in [-0.25, -0.2) is 0 Å². The molecule has 0 unspecified atom stereocenters.